The first-order valence-electron chi connectivity index (χ1n) is 4.10. The fourth-order valence-corrected chi connectivity index (χ4v) is 3.73. The molecule has 0 aromatic heterocycles. The van der Waals surface area contributed by atoms with Crippen molar-refractivity contribution in [1.29, 1.82) is 0 Å². The predicted molar refractivity (Wildman–Crippen MR) is 60.6 cm³/mol. The summed E-state index contributed by atoms with van der Waals surface area (Å²) in [5.41, 5.74) is 0. The molecular formula is C9H13BrO3Si. The Labute approximate surface area is 93.5 Å². The average molecular weight is 277 g/mol. The number of hydrogen-bond acceptors (Lipinski definition) is 3. The molecule has 0 amide bonds. The van der Waals surface area contributed by atoms with Gasteiger partial charge in [0, 0.05) is 31.0 Å². The van der Waals surface area contributed by atoms with Crippen LogP contribution in [-0.2, 0) is 13.3 Å². The summed E-state index contributed by atoms with van der Waals surface area (Å²) in [6, 6.07) is 7.76. The molecule has 0 unspecified atom stereocenters. The van der Waals surface area contributed by atoms with Gasteiger partial charge in [-0.05, 0) is 12.1 Å². The molecule has 0 aliphatic heterocycles. The van der Waals surface area contributed by atoms with Crippen LogP contribution >= 0.6 is 15.9 Å². The van der Waals surface area contributed by atoms with Gasteiger partial charge in [0.2, 0.25) is 0 Å². The molecule has 0 heterocycles. The van der Waals surface area contributed by atoms with Gasteiger partial charge in [-0.25, -0.2) is 0 Å². The van der Waals surface area contributed by atoms with E-state index in [1.165, 1.54) is 0 Å². The molecule has 1 aromatic rings. The monoisotopic (exact) mass is 276 g/mol. The van der Waals surface area contributed by atoms with Crippen molar-refractivity contribution in [3.8, 4) is 0 Å². The zero-order valence-corrected chi connectivity index (χ0v) is 11.0. The van der Waals surface area contributed by atoms with Gasteiger partial charge in [0.1, 0.15) is 0 Å². The lowest BCUT2D eigenvalue weighted by molar-refractivity contribution is 0.140. The molecule has 0 fully saturated rings. The number of hydrogen-bond donors (Lipinski definition) is 0. The summed E-state index contributed by atoms with van der Waals surface area (Å²) >= 11 is 3.40. The van der Waals surface area contributed by atoms with E-state index in [1.807, 2.05) is 24.3 Å². The lowest BCUT2D eigenvalue weighted by atomic mass is 10.4. The fourth-order valence-electron chi connectivity index (χ4n) is 1.28. The van der Waals surface area contributed by atoms with Gasteiger partial charge in [-0.15, -0.1) is 0 Å². The summed E-state index contributed by atoms with van der Waals surface area (Å²) in [5.74, 6) is 0. The van der Waals surface area contributed by atoms with E-state index in [-0.39, 0.29) is 0 Å². The number of halogens is 1. The van der Waals surface area contributed by atoms with Crippen LogP contribution in [0.2, 0.25) is 0 Å². The Morgan fingerprint density at radius 1 is 1.07 bits per heavy atom. The van der Waals surface area contributed by atoms with Gasteiger partial charge in [0.15, 0.2) is 0 Å². The zero-order chi connectivity index (χ0) is 10.6. The third-order valence-corrected chi connectivity index (χ3v) is 5.11. The summed E-state index contributed by atoms with van der Waals surface area (Å²) in [5, 5.41) is 0.944. The minimum atomic E-state index is -2.65. The summed E-state index contributed by atoms with van der Waals surface area (Å²) < 4.78 is 17.0. The first-order valence-corrected chi connectivity index (χ1v) is 6.62. The van der Waals surface area contributed by atoms with Gasteiger partial charge in [-0.3, -0.25) is 0 Å². The largest absolute Gasteiger partial charge is 0.536 e. The Bertz CT molecular complexity index is 294. The van der Waals surface area contributed by atoms with Crippen LogP contribution in [0, 0.1) is 0 Å². The summed E-state index contributed by atoms with van der Waals surface area (Å²) in [6.45, 7) is 0. The highest BCUT2D eigenvalue weighted by atomic mass is 79.9. The van der Waals surface area contributed by atoms with Gasteiger partial charge in [-0.1, -0.05) is 28.1 Å². The Morgan fingerprint density at radius 3 is 2.07 bits per heavy atom. The van der Waals surface area contributed by atoms with E-state index in [0.29, 0.717) is 0 Å². The molecule has 3 nitrogen and oxygen atoms in total. The normalized spacial score (nSPS) is 11.7. The maximum Gasteiger partial charge on any atom is 0.536 e. The van der Waals surface area contributed by atoms with Crippen LogP contribution in [0.15, 0.2) is 28.7 Å². The molecule has 0 radical (unpaired) electrons. The molecule has 0 saturated heterocycles. The van der Waals surface area contributed by atoms with E-state index in [0.717, 1.165) is 9.66 Å². The first kappa shape index (κ1) is 11.9. The van der Waals surface area contributed by atoms with E-state index >= 15 is 0 Å². The van der Waals surface area contributed by atoms with Gasteiger partial charge in [0.05, 0.1) is 0 Å². The van der Waals surface area contributed by atoms with Crippen molar-refractivity contribution in [1.82, 2.24) is 0 Å². The lowest BCUT2D eigenvalue weighted by Crippen LogP contribution is -2.54. The molecule has 78 valence electrons. The van der Waals surface area contributed by atoms with Gasteiger partial charge in [0.25, 0.3) is 0 Å². The van der Waals surface area contributed by atoms with Crippen molar-refractivity contribution in [2.24, 2.45) is 0 Å². The van der Waals surface area contributed by atoms with Crippen molar-refractivity contribution in [3.05, 3.63) is 28.7 Å². The second kappa shape index (κ2) is 5.04. The van der Waals surface area contributed by atoms with E-state index in [9.17, 15) is 0 Å². The molecule has 1 aromatic carbocycles. The molecule has 0 aliphatic rings. The quantitative estimate of drug-likeness (QED) is 0.781. The maximum atomic E-state index is 5.35. The van der Waals surface area contributed by atoms with Crippen LogP contribution in [0.1, 0.15) is 0 Å². The van der Waals surface area contributed by atoms with Crippen molar-refractivity contribution >= 4 is 29.9 Å². The average Bonchev–Trinajstić information content (AvgIpc) is 2.22. The van der Waals surface area contributed by atoms with Crippen LogP contribution in [0.3, 0.4) is 0 Å². The van der Waals surface area contributed by atoms with Gasteiger partial charge in [-0.2, -0.15) is 0 Å². The molecule has 0 N–H and O–H groups in total. The van der Waals surface area contributed by atoms with E-state index in [1.54, 1.807) is 21.3 Å². The molecular weight excluding hydrogens is 264 g/mol. The Hall–Kier alpha value is -0.203. The maximum absolute atomic E-state index is 5.35. The van der Waals surface area contributed by atoms with Crippen molar-refractivity contribution in [2.45, 2.75) is 0 Å². The van der Waals surface area contributed by atoms with Crippen molar-refractivity contribution < 1.29 is 13.3 Å². The molecule has 0 saturated carbocycles. The summed E-state index contributed by atoms with van der Waals surface area (Å²) in [6.07, 6.45) is 0. The second-order valence-electron chi connectivity index (χ2n) is 2.68. The molecule has 14 heavy (non-hydrogen) atoms. The zero-order valence-electron chi connectivity index (χ0n) is 8.41. The van der Waals surface area contributed by atoms with Gasteiger partial charge >= 0.3 is 8.80 Å². The highest BCUT2D eigenvalue weighted by Gasteiger charge is 2.40. The minimum absolute atomic E-state index is 0.944. The SMILES string of the molecule is CO[Si](OC)(OC)c1cccc(Br)c1. The highest BCUT2D eigenvalue weighted by Crippen LogP contribution is 2.11. The van der Waals surface area contributed by atoms with E-state index < -0.39 is 8.80 Å². The third-order valence-electron chi connectivity index (χ3n) is 1.98. The number of benzene rings is 1. The van der Waals surface area contributed by atoms with Crippen LogP contribution in [-0.4, -0.2) is 30.1 Å². The summed E-state index contributed by atoms with van der Waals surface area (Å²) in [4.78, 5) is 0. The van der Waals surface area contributed by atoms with Crippen LogP contribution in [0.25, 0.3) is 0 Å². The van der Waals surface area contributed by atoms with Crippen molar-refractivity contribution in [2.75, 3.05) is 21.3 Å². The summed E-state index contributed by atoms with van der Waals surface area (Å²) in [7, 11) is 2.14. The fraction of sp³-hybridized carbons (Fsp3) is 0.333. The van der Waals surface area contributed by atoms with Crippen LogP contribution in [0.4, 0.5) is 0 Å². The smallest absolute Gasteiger partial charge is 0.373 e. The molecule has 0 aliphatic carbocycles. The van der Waals surface area contributed by atoms with Gasteiger partial charge < -0.3 is 13.3 Å². The Balaban J connectivity index is 3.10. The standard InChI is InChI=1S/C9H13BrO3Si/c1-11-14(12-2,13-3)9-6-4-5-8(10)7-9/h4-7H,1-3H3. The van der Waals surface area contributed by atoms with Crippen molar-refractivity contribution in [3.63, 3.8) is 0 Å². The Morgan fingerprint density at radius 2 is 1.64 bits per heavy atom. The molecule has 5 heteroatoms. The molecule has 0 bridgehead atoms. The molecule has 0 atom stereocenters. The topological polar surface area (TPSA) is 27.7 Å². The highest BCUT2D eigenvalue weighted by molar-refractivity contribution is 9.10. The van der Waals surface area contributed by atoms with E-state index in [2.05, 4.69) is 15.9 Å². The first-order chi connectivity index (χ1) is 6.68. The lowest BCUT2D eigenvalue weighted by Gasteiger charge is -2.24. The van der Waals surface area contributed by atoms with Crippen LogP contribution < -0.4 is 5.19 Å². The third kappa shape index (κ3) is 2.24. The Kier molecular flexibility index (Phi) is 4.27. The number of rotatable bonds is 4. The molecule has 1 rings (SSSR count). The van der Waals surface area contributed by atoms with E-state index in [4.69, 9.17) is 13.3 Å². The van der Waals surface area contributed by atoms with Crippen LogP contribution in [0.5, 0.6) is 0 Å². The predicted octanol–water partition coefficient (Wildman–Crippen LogP) is 1.53. The second-order valence-corrected chi connectivity index (χ2v) is 6.51. The molecule has 0 spiro atoms. The minimum Gasteiger partial charge on any atom is -0.373 e.